The second kappa shape index (κ2) is 6.86. The number of thiophene rings is 1. The van der Waals surface area contributed by atoms with Gasteiger partial charge in [-0.25, -0.2) is 4.79 Å². The third-order valence-electron chi connectivity index (χ3n) is 4.30. The summed E-state index contributed by atoms with van der Waals surface area (Å²) in [5.41, 5.74) is 2.23. The molecular weight excluding hydrogens is 344 g/mol. The van der Waals surface area contributed by atoms with E-state index in [4.69, 9.17) is 4.74 Å². The minimum atomic E-state index is -0.985. The lowest BCUT2D eigenvalue weighted by Gasteiger charge is -2.26. The van der Waals surface area contributed by atoms with Gasteiger partial charge < -0.3 is 9.84 Å². The van der Waals surface area contributed by atoms with Crippen LogP contribution in [-0.2, 0) is 9.53 Å². The third kappa shape index (κ3) is 3.67. The fourth-order valence-corrected chi connectivity index (χ4v) is 4.42. The molecule has 1 atom stereocenters. The number of hydrogen-bond donors (Lipinski definition) is 1. The van der Waals surface area contributed by atoms with Crippen LogP contribution < -0.4 is 0 Å². The standard InChI is InChI=1S/C22H24O3S/c1-13-18(17-11-10-15-8-6-7-9-16(15)12-17)19(14(2)26-13)20(21(23)24)25-22(3,4)5/h6-12,20H,1-5H3,(H,23,24). The second-order valence-electron chi connectivity index (χ2n) is 7.51. The van der Waals surface area contributed by atoms with Crippen molar-refractivity contribution in [1.29, 1.82) is 0 Å². The summed E-state index contributed by atoms with van der Waals surface area (Å²) in [5.74, 6) is -0.956. The highest BCUT2D eigenvalue weighted by molar-refractivity contribution is 7.12. The summed E-state index contributed by atoms with van der Waals surface area (Å²) in [6.07, 6.45) is -0.985. The number of rotatable bonds is 4. The normalized spacial score (nSPS) is 13.1. The predicted molar refractivity (Wildman–Crippen MR) is 108 cm³/mol. The summed E-state index contributed by atoms with van der Waals surface area (Å²) < 4.78 is 5.94. The summed E-state index contributed by atoms with van der Waals surface area (Å²) in [4.78, 5) is 14.1. The Labute approximate surface area is 158 Å². The summed E-state index contributed by atoms with van der Waals surface area (Å²) in [6, 6.07) is 14.5. The van der Waals surface area contributed by atoms with E-state index in [0.717, 1.165) is 31.8 Å². The fourth-order valence-electron chi connectivity index (χ4n) is 3.31. The monoisotopic (exact) mass is 368 g/mol. The summed E-state index contributed by atoms with van der Waals surface area (Å²) in [6.45, 7) is 9.66. The maximum absolute atomic E-state index is 12.0. The van der Waals surface area contributed by atoms with E-state index in [-0.39, 0.29) is 0 Å². The molecule has 1 aromatic heterocycles. The topological polar surface area (TPSA) is 46.5 Å². The van der Waals surface area contributed by atoms with Gasteiger partial charge in [0.1, 0.15) is 0 Å². The van der Waals surface area contributed by atoms with E-state index < -0.39 is 17.7 Å². The molecule has 3 rings (SSSR count). The van der Waals surface area contributed by atoms with Crippen LogP contribution in [0.15, 0.2) is 42.5 Å². The van der Waals surface area contributed by atoms with Gasteiger partial charge in [-0.3, -0.25) is 0 Å². The van der Waals surface area contributed by atoms with Gasteiger partial charge in [-0.1, -0.05) is 36.4 Å². The molecule has 3 nitrogen and oxygen atoms in total. The number of aryl methyl sites for hydroxylation is 2. The maximum atomic E-state index is 12.0. The van der Waals surface area contributed by atoms with Crippen LogP contribution in [0.1, 0.15) is 42.2 Å². The van der Waals surface area contributed by atoms with Crippen LogP contribution in [0, 0.1) is 13.8 Å². The Bertz CT molecular complexity index is 963. The number of ether oxygens (including phenoxy) is 1. The second-order valence-corrected chi connectivity index (χ2v) is 8.94. The van der Waals surface area contributed by atoms with Gasteiger partial charge in [0.2, 0.25) is 0 Å². The zero-order valence-corrected chi connectivity index (χ0v) is 16.6. The molecule has 0 saturated carbocycles. The van der Waals surface area contributed by atoms with Crippen molar-refractivity contribution in [1.82, 2.24) is 0 Å². The number of hydrogen-bond acceptors (Lipinski definition) is 3. The Morgan fingerprint density at radius 2 is 1.69 bits per heavy atom. The molecule has 0 bridgehead atoms. The van der Waals surface area contributed by atoms with E-state index >= 15 is 0 Å². The first-order valence-electron chi connectivity index (χ1n) is 8.67. The lowest BCUT2D eigenvalue weighted by Crippen LogP contribution is -2.27. The lowest BCUT2D eigenvalue weighted by atomic mass is 9.94. The van der Waals surface area contributed by atoms with Gasteiger partial charge in [0.25, 0.3) is 0 Å². The highest BCUT2D eigenvalue weighted by Crippen LogP contribution is 2.42. The molecule has 0 radical (unpaired) electrons. The molecule has 1 unspecified atom stereocenters. The Balaban J connectivity index is 2.19. The predicted octanol–water partition coefficient (Wildman–Crippen LogP) is 6.13. The Morgan fingerprint density at radius 1 is 1.04 bits per heavy atom. The van der Waals surface area contributed by atoms with Crippen LogP contribution in [0.25, 0.3) is 21.9 Å². The summed E-state index contributed by atoms with van der Waals surface area (Å²) >= 11 is 1.62. The summed E-state index contributed by atoms with van der Waals surface area (Å²) in [7, 11) is 0. The van der Waals surface area contributed by atoms with Crippen molar-refractivity contribution >= 4 is 28.1 Å². The van der Waals surface area contributed by atoms with Gasteiger partial charge in [-0.2, -0.15) is 0 Å². The first-order chi connectivity index (χ1) is 12.2. The van der Waals surface area contributed by atoms with Crippen molar-refractivity contribution in [2.24, 2.45) is 0 Å². The van der Waals surface area contributed by atoms with Crippen LogP contribution in [0.4, 0.5) is 0 Å². The van der Waals surface area contributed by atoms with Crippen molar-refractivity contribution in [3.8, 4) is 11.1 Å². The molecule has 1 heterocycles. The first kappa shape index (κ1) is 18.6. The number of aliphatic carboxylic acids is 1. The fraction of sp³-hybridized carbons (Fsp3) is 0.318. The number of benzene rings is 2. The molecule has 0 amide bonds. The van der Waals surface area contributed by atoms with E-state index in [2.05, 4.69) is 30.3 Å². The smallest absolute Gasteiger partial charge is 0.337 e. The van der Waals surface area contributed by atoms with Gasteiger partial charge in [-0.15, -0.1) is 11.3 Å². The van der Waals surface area contributed by atoms with E-state index in [9.17, 15) is 9.90 Å². The zero-order valence-electron chi connectivity index (χ0n) is 15.8. The van der Waals surface area contributed by atoms with Crippen molar-refractivity contribution in [3.05, 3.63) is 57.8 Å². The average molecular weight is 368 g/mol. The zero-order chi connectivity index (χ0) is 19.1. The van der Waals surface area contributed by atoms with Crippen LogP contribution in [0.3, 0.4) is 0 Å². The molecule has 0 saturated heterocycles. The first-order valence-corrected chi connectivity index (χ1v) is 9.49. The number of carboxylic acid groups (broad SMARTS) is 1. The number of fused-ring (bicyclic) bond motifs is 1. The van der Waals surface area contributed by atoms with Gasteiger partial charge in [0.05, 0.1) is 5.60 Å². The molecule has 2 aromatic carbocycles. The molecule has 4 heteroatoms. The highest BCUT2D eigenvalue weighted by Gasteiger charge is 2.32. The largest absolute Gasteiger partial charge is 0.479 e. The van der Waals surface area contributed by atoms with Gasteiger partial charge in [0, 0.05) is 20.9 Å². The van der Waals surface area contributed by atoms with Crippen molar-refractivity contribution in [3.63, 3.8) is 0 Å². The van der Waals surface area contributed by atoms with E-state index in [0.29, 0.717) is 0 Å². The molecule has 0 fully saturated rings. The molecule has 0 aliphatic carbocycles. The Hall–Kier alpha value is -2.17. The maximum Gasteiger partial charge on any atom is 0.337 e. The average Bonchev–Trinajstić information content (AvgIpc) is 2.85. The molecule has 0 aliphatic heterocycles. The molecule has 1 N–H and O–H groups in total. The van der Waals surface area contributed by atoms with Crippen molar-refractivity contribution in [2.45, 2.75) is 46.3 Å². The highest BCUT2D eigenvalue weighted by atomic mass is 32.1. The SMILES string of the molecule is Cc1sc(C)c(C(OC(C)(C)C)C(=O)O)c1-c1ccc2ccccc2c1. The summed E-state index contributed by atoms with van der Waals surface area (Å²) in [5, 5.41) is 12.2. The molecule has 136 valence electrons. The minimum absolute atomic E-state index is 0.550. The Kier molecular flexibility index (Phi) is 4.91. The van der Waals surface area contributed by atoms with E-state index in [1.165, 1.54) is 5.39 Å². The third-order valence-corrected chi connectivity index (χ3v) is 5.34. The molecule has 26 heavy (non-hydrogen) atoms. The molecule has 0 aliphatic rings. The molecule has 3 aromatic rings. The Morgan fingerprint density at radius 3 is 2.31 bits per heavy atom. The quantitative estimate of drug-likeness (QED) is 0.603. The van der Waals surface area contributed by atoms with Crippen LogP contribution in [-0.4, -0.2) is 16.7 Å². The van der Waals surface area contributed by atoms with Crippen LogP contribution in [0.2, 0.25) is 0 Å². The number of carbonyl (C=O) groups is 1. The van der Waals surface area contributed by atoms with Gasteiger partial charge in [0.15, 0.2) is 6.10 Å². The van der Waals surface area contributed by atoms with Crippen LogP contribution in [0.5, 0.6) is 0 Å². The van der Waals surface area contributed by atoms with Crippen molar-refractivity contribution < 1.29 is 14.6 Å². The molecular formula is C22H24O3S. The van der Waals surface area contributed by atoms with E-state index in [1.54, 1.807) is 11.3 Å². The van der Waals surface area contributed by atoms with E-state index in [1.807, 2.05) is 46.8 Å². The minimum Gasteiger partial charge on any atom is -0.479 e. The molecule has 0 spiro atoms. The lowest BCUT2D eigenvalue weighted by molar-refractivity contribution is -0.160. The number of carboxylic acids is 1. The van der Waals surface area contributed by atoms with Gasteiger partial charge >= 0.3 is 5.97 Å². The van der Waals surface area contributed by atoms with Gasteiger partial charge in [-0.05, 0) is 57.0 Å². The van der Waals surface area contributed by atoms with Crippen molar-refractivity contribution in [2.75, 3.05) is 0 Å². The van der Waals surface area contributed by atoms with Crippen LogP contribution >= 0.6 is 11.3 Å².